The van der Waals surface area contributed by atoms with Crippen molar-refractivity contribution in [3.05, 3.63) is 88.2 Å². The molecule has 0 radical (unpaired) electrons. The van der Waals surface area contributed by atoms with Gasteiger partial charge in [0.25, 0.3) is 5.78 Å². The number of ketones is 1. The summed E-state index contributed by atoms with van der Waals surface area (Å²) in [5.74, 6) is -0.931. The highest BCUT2D eigenvalue weighted by Crippen LogP contribution is 2.45. The molecular formula is C28H23N3O4S. The van der Waals surface area contributed by atoms with Crippen LogP contribution in [0.3, 0.4) is 0 Å². The summed E-state index contributed by atoms with van der Waals surface area (Å²) in [6.45, 7) is 5.97. The number of Topliss-reactive ketones (excluding diaryl/α,β-unsaturated/α-hetero) is 1. The Hall–Kier alpha value is -4.04. The first kappa shape index (κ1) is 22.4. The fourth-order valence-corrected chi connectivity index (χ4v) is 6.24. The van der Waals surface area contributed by atoms with Crippen LogP contribution in [0.5, 0.6) is 5.75 Å². The van der Waals surface area contributed by atoms with Crippen LogP contribution in [0.25, 0.3) is 16.0 Å². The molecule has 180 valence electrons. The number of ether oxygens (including phenoxy) is 1. The van der Waals surface area contributed by atoms with Crippen molar-refractivity contribution in [2.24, 2.45) is 0 Å². The Kier molecular flexibility index (Phi) is 5.15. The summed E-state index contributed by atoms with van der Waals surface area (Å²) in [5.41, 5.74) is 4.94. The smallest absolute Gasteiger partial charge is 0.301 e. The Morgan fingerprint density at radius 1 is 1.17 bits per heavy atom. The number of nitrogens with zero attached hydrogens (tertiary/aromatic N) is 3. The van der Waals surface area contributed by atoms with E-state index >= 15 is 0 Å². The Bertz CT molecular complexity index is 1590. The summed E-state index contributed by atoms with van der Waals surface area (Å²) in [7, 11) is 0. The molecular weight excluding hydrogens is 474 g/mol. The molecule has 1 amide bonds. The summed E-state index contributed by atoms with van der Waals surface area (Å²) in [6, 6.07) is 12.1. The van der Waals surface area contributed by atoms with Crippen molar-refractivity contribution in [3.8, 4) is 5.75 Å². The standard InChI is InChI=1S/C28H23N3O4S/c1-14-9-15(2)23-21(10-14)36-28(30-23)31-24(18-5-4-8-29-13-18)22(26(33)27(31)34)25(32)17-6-7-20-19(12-17)11-16(3)35-20/h4-10,12-13,16,24,32H,11H2,1-3H3/b25-22+. The number of rotatable bonds is 3. The van der Waals surface area contributed by atoms with Crippen LogP contribution in [0.2, 0.25) is 0 Å². The van der Waals surface area contributed by atoms with Gasteiger partial charge >= 0.3 is 5.91 Å². The van der Waals surface area contributed by atoms with Gasteiger partial charge in [-0.15, -0.1) is 0 Å². The maximum atomic E-state index is 13.5. The Balaban J connectivity index is 1.54. The molecule has 4 aromatic rings. The molecule has 0 aliphatic carbocycles. The van der Waals surface area contributed by atoms with Gasteiger partial charge in [-0.25, -0.2) is 4.98 Å². The van der Waals surface area contributed by atoms with Crippen molar-refractivity contribution >= 4 is 44.1 Å². The van der Waals surface area contributed by atoms with E-state index in [9.17, 15) is 14.7 Å². The third kappa shape index (κ3) is 3.48. The molecule has 0 saturated carbocycles. The summed E-state index contributed by atoms with van der Waals surface area (Å²) < 4.78 is 6.71. The lowest BCUT2D eigenvalue weighted by Gasteiger charge is -2.22. The average molecular weight is 498 g/mol. The lowest BCUT2D eigenvalue weighted by Crippen LogP contribution is -2.29. The number of aromatic nitrogens is 2. The minimum Gasteiger partial charge on any atom is -0.507 e. The van der Waals surface area contributed by atoms with E-state index in [0.29, 0.717) is 22.7 Å². The maximum Gasteiger partial charge on any atom is 0.301 e. The van der Waals surface area contributed by atoms with Crippen molar-refractivity contribution in [2.75, 3.05) is 4.90 Å². The van der Waals surface area contributed by atoms with Gasteiger partial charge in [-0.2, -0.15) is 0 Å². The predicted molar refractivity (Wildman–Crippen MR) is 138 cm³/mol. The number of hydrogen-bond acceptors (Lipinski definition) is 7. The summed E-state index contributed by atoms with van der Waals surface area (Å²) in [6.07, 6.45) is 3.99. The van der Waals surface area contributed by atoms with Crippen LogP contribution in [0, 0.1) is 13.8 Å². The van der Waals surface area contributed by atoms with Gasteiger partial charge in [0.2, 0.25) is 0 Å². The van der Waals surface area contributed by atoms with Gasteiger partial charge in [0.05, 0.1) is 21.8 Å². The van der Waals surface area contributed by atoms with Gasteiger partial charge in [0.1, 0.15) is 17.6 Å². The highest BCUT2D eigenvalue weighted by Gasteiger charge is 2.48. The van der Waals surface area contributed by atoms with Gasteiger partial charge in [-0.05, 0) is 73.4 Å². The van der Waals surface area contributed by atoms with E-state index in [-0.39, 0.29) is 17.4 Å². The molecule has 6 rings (SSSR count). The molecule has 2 aliphatic rings. The van der Waals surface area contributed by atoms with Gasteiger partial charge in [0.15, 0.2) is 5.13 Å². The number of thiazole rings is 1. The summed E-state index contributed by atoms with van der Waals surface area (Å²) in [5, 5.41) is 11.8. The van der Waals surface area contributed by atoms with Gasteiger partial charge < -0.3 is 9.84 Å². The average Bonchev–Trinajstić information content (AvgIpc) is 3.52. The second-order valence-corrected chi connectivity index (χ2v) is 10.3. The molecule has 8 heteroatoms. The molecule has 1 saturated heterocycles. The lowest BCUT2D eigenvalue weighted by atomic mass is 9.95. The SMILES string of the molecule is Cc1cc(C)c2nc(N3C(=O)C(=O)/C(=C(/O)c4ccc5c(c4)CC(C)O5)C3c3cccnc3)sc2c1. The first-order valence-corrected chi connectivity index (χ1v) is 12.5. The first-order valence-electron chi connectivity index (χ1n) is 11.7. The largest absolute Gasteiger partial charge is 0.507 e. The summed E-state index contributed by atoms with van der Waals surface area (Å²) in [4.78, 5) is 37.2. The molecule has 7 nitrogen and oxygen atoms in total. The minimum absolute atomic E-state index is 0.0204. The Morgan fingerprint density at radius 3 is 2.78 bits per heavy atom. The van der Waals surface area contributed by atoms with E-state index in [1.54, 1.807) is 36.7 Å². The molecule has 36 heavy (non-hydrogen) atoms. The van der Waals surface area contributed by atoms with E-state index in [0.717, 1.165) is 32.7 Å². The first-order chi connectivity index (χ1) is 17.3. The van der Waals surface area contributed by atoms with E-state index in [4.69, 9.17) is 9.72 Å². The third-order valence-electron chi connectivity index (χ3n) is 6.64. The molecule has 1 fully saturated rings. The molecule has 2 unspecified atom stereocenters. The van der Waals surface area contributed by atoms with E-state index in [2.05, 4.69) is 4.98 Å². The number of carbonyl (C=O) groups excluding carboxylic acids is 2. The zero-order chi connectivity index (χ0) is 25.1. The number of anilines is 1. The number of hydrogen-bond donors (Lipinski definition) is 1. The normalized spacial score (nSPS) is 20.7. The molecule has 2 atom stereocenters. The van der Waals surface area contributed by atoms with Crippen molar-refractivity contribution in [1.82, 2.24) is 9.97 Å². The molecule has 2 aromatic heterocycles. The second-order valence-electron chi connectivity index (χ2n) is 9.34. The number of aliphatic hydroxyl groups is 1. The van der Waals surface area contributed by atoms with Crippen molar-refractivity contribution in [1.29, 1.82) is 0 Å². The van der Waals surface area contributed by atoms with E-state index in [1.165, 1.54) is 16.2 Å². The molecule has 1 N–H and O–H groups in total. The number of fused-ring (bicyclic) bond motifs is 2. The van der Waals surface area contributed by atoms with E-state index in [1.807, 2.05) is 39.0 Å². The predicted octanol–water partition coefficient (Wildman–Crippen LogP) is 5.26. The highest BCUT2D eigenvalue weighted by molar-refractivity contribution is 7.22. The number of aryl methyl sites for hydroxylation is 2. The molecule has 2 aliphatic heterocycles. The van der Waals surface area contributed by atoms with Crippen LogP contribution in [-0.2, 0) is 16.0 Å². The van der Waals surface area contributed by atoms with Crippen LogP contribution < -0.4 is 9.64 Å². The Morgan fingerprint density at radius 2 is 2.00 bits per heavy atom. The molecule has 0 spiro atoms. The van der Waals surface area contributed by atoms with Crippen LogP contribution >= 0.6 is 11.3 Å². The fourth-order valence-electron chi connectivity index (χ4n) is 5.07. The number of amides is 1. The number of carbonyl (C=O) groups is 2. The van der Waals surface area contributed by atoms with Crippen LogP contribution in [-0.4, -0.2) is 32.9 Å². The topological polar surface area (TPSA) is 92.6 Å². The van der Waals surface area contributed by atoms with E-state index < -0.39 is 17.7 Å². The van der Waals surface area contributed by atoms with Crippen molar-refractivity contribution < 1.29 is 19.4 Å². The Labute approximate surface area is 211 Å². The second kappa shape index (κ2) is 8.27. The molecule has 0 bridgehead atoms. The zero-order valence-corrected chi connectivity index (χ0v) is 20.8. The highest BCUT2D eigenvalue weighted by atomic mass is 32.1. The number of benzene rings is 2. The van der Waals surface area contributed by atoms with Crippen molar-refractivity contribution in [2.45, 2.75) is 39.3 Å². The quantitative estimate of drug-likeness (QED) is 0.236. The van der Waals surface area contributed by atoms with Crippen LogP contribution in [0.1, 0.15) is 40.8 Å². The maximum absolute atomic E-state index is 13.5. The van der Waals surface area contributed by atoms with Gasteiger partial charge in [0, 0.05) is 24.4 Å². The zero-order valence-electron chi connectivity index (χ0n) is 20.0. The van der Waals surface area contributed by atoms with Crippen molar-refractivity contribution in [3.63, 3.8) is 0 Å². The number of aliphatic hydroxyl groups excluding tert-OH is 1. The number of pyridine rings is 1. The van der Waals surface area contributed by atoms with Crippen LogP contribution in [0.4, 0.5) is 5.13 Å². The minimum atomic E-state index is -0.857. The third-order valence-corrected chi connectivity index (χ3v) is 7.64. The lowest BCUT2D eigenvalue weighted by molar-refractivity contribution is -0.132. The fraction of sp³-hybridized carbons (Fsp3) is 0.214. The van der Waals surface area contributed by atoms with Gasteiger partial charge in [-0.3, -0.25) is 19.5 Å². The summed E-state index contributed by atoms with van der Waals surface area (Å²) >= 11 is 1.35. The van der Waals surface area contributed by atoms with Gasteiger partial charge in [-0.1, -0.05) is 23.5 Å². The monoisotopic (exact) mass is 497 g/mol. The molecule has 2 aromatic carbocycles. The van der Waals surface area contributed by atoms with Crippen LogP contribution in [0.15, 0.2) is 60.4 Å². The molecule has 4 heterocycles.